The lowest BCUT2D eigenvalue weighted by Crippen LogP contribution is -2.13. The van der Waals surface area contributed by atoms with E-state index in [-0.39, 0.29) is 5.91 Å². The molecule has 5 nitrogen and oxygen atoms in total. The van der Waals surface area contributed by atoms with Gasteiger partial charge in [0.05, 0.1) is 11.9 Å². The predicted molar refractivity (Wildman–Crippen MR) is 69.8 cm³/mol. The fourth-order valence-corrected chi connectivity index (χ4v) is 1.47. The summed E-state index contributed by atoms with van der Waals surface area (Å²) in [7, 11) is 0. The van der Waals surface area contributed by atoms with E-state index < -0.39 is 0 Å². The molecule has 3 N–H and O–H groups in total. The second kappa shape index (κ2) is 5.77. The number of nitrogens with two attached hydrogens (primary N) is 1. The van der Waals surface area contributed by atoms with Crippen LogP contribution in [0.1, 0.15) is 12.1 Å². The number of pyridine rings is 2. The molecule has 2 rings (SSSR count). The van der Waals surface area contributed by atoms with Crippen molar-refractivity contribution in [1.82, 2.24) is 9.97 Å². The molecule has 0 spiro atoms. The lowest BCUT2D eigenvalue weighted by atomic mass is 10.2. The molecule has 2 aromatic rings. The van der Waals surface area contributed by atoms with Crippen molar-refractivity contribution >= 4 is 17.4 Å². The van der Waals surface area contributed by atoms with Crippen molar-refractivity contribution in [2.45, 2.75) is 12.8 Å². The molecule has 0 radical (unpaired) electrons. The number of carbonyl (C=O) groups excluding carboxylic acids is 1. The summed E-state index contributed by atoms with van der Waals surface area (Å²) < 4.78 is 0. The molecule has 2 heterocycles. The van der Waals surface area contributed by atoms with E-state index in [2.05, 4.69) is 15.3 Å². The molecular weight excluding hydrogens is 228 g/mol. The number of anilines is 2. The maximum Gasteiger partial charge on any atom is 0.225 e. The molecule has 0 aliphatic heterocycles. The zero-order valence-corrected chi connectivity index (χ0v) is 9.84. The number of aryl methyl sites for hydroxylation is 1. The number of nitrogens with one attached hydrogen (secondary N) is 1. The van der Waals surface area contributed by atoms with Gasteiger partial charge in [0.15, 0.2) is 0 Å². The van der Waals surface area contributed by atoms with Crippen LogP contribution in [-0.2, 0) is 11.2 Å². The summed E-state index contributed by atoms with van der Waals surface area (Å²) in [6, 6.07) is 9.02. The van der Waals surface area contributed by atoms with E-state index in [9.17, 15) is 4.79 Å². The van der Waals surface area contributed by atoms with Gasteiger partial charge < -0.3 is 11.1 Å². The first-order valence-corrected chi connectivity index (χ1v) is 5.65. The highest BCUT2D eigenvalue weighted by Gasteiger charge is 2.04. The summed E-state index contributed by atoms with van der Waals surface area (Å²) in [6.07, 6.45) is 4.22. The molecule has 2 aromatic heterocycles. The van der Waals surface area contributed by atoms with Gasteiger partial charge in [0.2, 0.25) is 5.91 Å². The van der Waals surface area contributed by atoms with Gasteiger partial charge in [-0.3, -0.25) is 9.78 Å². The van der Waals surface area contributed by atoms with Gasteiger partial charge in [0.25, 0.3) is 0 Å². The maximum atomic E-state index is 11.7. The van der Waals surface area contributed by atoms with Crippen LogP contribution in [-0.4, -0.2) is 15.9 Å². The van der Waals surface area contributed by atoms with E-state index in [4.69, 9.17) is 5.73 Å². The monoisotopic (exact) mass is 242 g/mol. The highest BCUT2D eigenvalue weighted by molar-refractivity contribution is 5.89. The van der Waals surface area contributed by atoms with Crippen LogP contribution in [0.5, 0.6) is 0 Å². The molecule has 0 aliphatic rings. The quantitative estimate of drug-likeness (QED) is 0.853. The minimum absolute atomic E-state index is 0.0853. The largest absolute Gasteiger partial charge is 0.397 e. The van der Waals surface area contributed by atoms with Crippen LogP contribution in [0.15, 0.2) is 42.7 Å². The van der Waals surface area contributed by atoms with Crippen molar-refractivity contribution in [3.8, 4) is 0 Å². The molecule has 0 atom stereocenters. The second-order valence-electron chi connectivity index (χ2n) is 3.85. The van der Waals surface area contributed by atoms with Crippen LogP contribution in [0.2, 0.25) is 0 Å². The Balaban J connectivity index is 1.84. The summed E-state index contributed by atoms with van der Waals surface area (Å²) in [5.41, 5.74) is 6.98. The Morgan fingerprint density at radius 3 is 2.78 bits per heavy atom. The van der Waals surface area contributed by atoms with Gasteiger partial charge in [-0.2, -0.15) is 0 Å². The SMILES string of the molecule is Nc1ccc(NC(=O)CCc2ccccn2)nc1. The van der Waals surface area contributed by atoms with Crippen molar-refractivity contribution in [3.63, 3.8) is 0 Å². The molecule has 0 bridgehead atoms. The van der Waals surface area contributed by atoms with Crippen LogP contribution in [0.3, 0.4) is 0 Å². The molecule has 18 heavy (non-hydrogen) atoms. The summed E-state index contributed by atoms with van der Waals surface area (Å²) in [5.74, 6) is 0.424. The topological polar surface area (TPSA) is 80.9 Å². The van der Waals surface area contributed by atoms with E-state index in [1.54, 1.807) is 18.3 Å². The Labute approximate surface area is 105 Å². The third kappa shape index (κ3) is 3.55. The van der Waals surface area contributed by atoms with Gasteiger partial charge >= 0.3 is 0 Å². The third-order valence-electron chi connectivity index (χ3n) is 2.39. The molecule has 0 aromatic carbocycles. The number of hydrogen-bond donors (Lipinski definition) is 2. The first kappa shape index (κ1) is 12.0. The second-order valence-corrected chi connectivity index (χ2v) is 3.85. The Hall–Kier alpha value is -2.43. The van der Waals surface area contributed by atoms with Crippen molar-refractivity contribution in [3.05, 3.63) is 48.4 Å². The number of hydrogen-bond acceptors (Lipinski definition) is 4. The van der Waals surface area contributed by atoms with Gasteiger partial charge in [0, 0.05) is 18.3 Å². The van der Waals surface area contributed by atoms with Crippen molar-refractivity contribution < 1.29 is 4.79 Å². The highest BCUT2D eigenvalue weighted by Crippen LogP contribution is 2.07. The number of aromatic nitrogens is 2. The lowest BCUT2D eigenvalue weighted by molar-refractivity contribution is -0.116. The standard InChI is InChI=1S/C13H14N4O/c14-10-4-6-12(16-9-10)17-13(18)7-5-11-3-1-2-8-15-11/h1-4,6,8-9H,5,7,14H2,(H,16,17,18). The maximum absolute atomic E-state index is 11.7. The third-order valence-corrected chi connectivity index (χ3v) is 2.39. The summed E-state index contributed by atoms with van der Waals surface area (Å²) >= 11 is 0. The van der Waals surface area contributed by atoms with E-state index in [0.717, 1.165) is 5.69 Å². The van der Waals surface area contributed by atoms with Gasteiger partial charge in [-0.05, 0) is 30.7 Å². The Morgan fingerprint density at radius 1 is 1.22 bits per heavy atom. The molecule has 0 aliphatic carbocycles. The smallest absolute Gasteiger partial charge is 0.225 e. The number of nitrogen functional groups attached to an aromatic ring is 1. The summed E-state index contributed by atoms with van der Waals surface area (Å²) in [5, 5.41) is 2.71. The molecule has 0 unspecified atom stereocenters. The zero-order chi connectivity index (χ0) is 12.8. The minimum Gasteiger partial charge on any atom is -0.397 e. The van der Waals surface area contributed by atoms with Crippen LogP contribution >= 0.6 is 0 Å². The fourth-order valence-electron chi connectivity index (χ4n) is 1.47. The average molecular weight is 242 g/mol. The number of carbonyl (C=O) groups is 1. The van der Waals surface area contributed by atoms with Crippen molar-refractivity contribution in [1.29, 1.82) is 0 Å². The van der Waals surface area contributed by atoms with E-state index >= 15 is 0 Å². The number of rotatable bonds is 4. The fraction of sp³-hybridized carbons (Fsp3) is 0.154. The normalized spacial score (nSPS) is 10.0. The van der Waals surface area contributed by atoms with Gasteiger partial charge in [-0.15, -0.1) is 0 Å². The Kier molecular flexibility index (Phi) is 3.86. The molecule has 92 valence electrons. The van der Waals surface area contributed by atoms with Crippen molar-refractivity contribution in [2.75, 3.05) is 11.1 Å². The van der Waals surface area contributed by atoms with Gasteiger partial charge in [-0.25, -0.2) is 4.98 Å². The van der Waals surface area contributed by atoms with Crippen LogP contribution in [0.25, 0.3) is 0 Å². The number of amides is 1. The molecule has 5 heteroatoms. The summed E-state index contributed by atoms with van der Waals surface area (Å²) in [4.78, 5) is 19.8. The average Bonchev–Trinajstić information content (AvgIpc) is 2.40. The summed E-state index contributed by atoms with van der Waals surface area (Å²) in [6.45, 7) is 0. The van der Waals surface area contributed by atoms with Gasteiger partial charge in [0.1, 0.15) is 5.82 Å². The minimum atomic E-state index is -0.0853. The first-order chi connectivity index (χ1) is 8.74. The predicted octanol–water partition coefficient (Wildman–Crippen LogP) is 1.63. The Bertz CT molecular complexity index is 510. The zero-order valence-electron chi connectivity index (χ0n) is 9.84. The van der Waals surface area contributed by atoms with Crippen molar-refractivity contribution in [2.24, 2.45) is 0 Å². The lowest BCUT2D eigenvalue weighted by Gasteiger charge is -2.04. The van der Waals surface area contributed by atoms with Gasteiger partial charge in [-0.1, -0.05) is 6.07 Å². The molecule has 0 saturated heterocycles. The van der Waals surface area contributed by atoms with Crippen LogP contribution < -0.4 is 11.1 Å². The van der Waals surface area contributed by atoms with E-state index in [0.29, 0.717) is 24.3 Å². The van der Waals surface area contributed by atoms with Crippen LogP contribution in [0.4, 0.5) is 11.5 Å². The highest BCUT2D eigenvalue weighted by atomic mass is 16.1. The Morgan fingerprint density at radius 2 is 2.11 bits per heavy atom. The molecule has 0 saturated carbocycles. The molecular formula is C13H14N4O. The first-order valence-electron chi connectivity index (χ1n) is 5.65. The molecule has 1 amide bonds. The number of nitrogens with zero attached hydrogens (tertiary/aromatic N) is 2. The van der Waals surface area contributed by atoms with Crippen LogP contribution in [0, 0.1) is 0 Å². The molecule has 0 fully saturated rings. The van der Waals surface area contributed by atoms with E-state index in [1.807, 2.05) is 18.2 Å². The van der Waals surface area contributed by atoms with E-state index in [1.165, 1.54) is 6.20 Å².